The predicted octanol–water partition coefficient (Wildman–Crippen LogP) is 2.70. The molecular weight excluding hydrogens is 419 g/mol. The van der Waals surface area contributed by atoms with Crippen molar-refractivity contribution in [2.24, 2.45) is 0 Å². The minimum absolute atomic E-state index is 0.00580. The number of halogens is 3. The largest absolute Gasteiger partial charge is 0.485 e. The number of carboxylic acids is 1. The Bertz CT molecular complexity index is 901. The molecule has 4 N–H and O–H groups in total. The Balaban J connectivity index is 2.42. The lowest BCUT2D eigenvalue weighted by Gasteiger charge is -2.28. The molecule has 2 rings (SSSR count). The summed E-state index contributed by atoms with van der Waals surface area (Å²) in [5.74, 6) is -1.74. The molecule has 0 spiro atoms. The van der Waals surface area contributed by atoms with Crippen molar-refractivity contribution < 1.29 is 42.8 Å². The van der Waals surface area contributed by atoms with E-state index in [1.165, 1.54) is 30.3 Å². The summed E-state index contributed by atoms with van der Waals surface area (Å²) in [6.45, 7) is 1.25. The van der Waals surface area contributed by atoms with E-state index in [0.29, 0.717) is 12.0 Å². The molecule has 0 saturated carbocycles. The summed E-state index contributed by atoms with van der Waals surface area (Å²) in [6.07, 6.45) is -8.51. The molecular formula is C21H22F3NO6. The molecule has 0 aromatic heterocycles. The van der Waals surface area contributed by atoms with Crippen LogP contribution in [0.4, 0.5) is 13.2 Å². The molecule has 0 aliphatic heterocycles. The third-order valence-electron chi connectivity index (χ3n) is 4.62. The summed E-state index contributed by atoms with van der Waals surface area (Å²) in [4.78, 5) is 21.5. The first-order valence-electron chi connectivity index (χ1n) is 9.33. The van der Waals surface area contributed by atoms with Crippen molar-refractivity contribution in [3.63, 3.8) is 0 Å². The molecule has 168 valence electrons. The van der Waals surface area contributed by atoms with E-state index < -0.39 is 41.8 Å². The second-order valence-electron chi connectivity index (χ2n) is 6.74. The first kappa shape index (κ1) is 24.2. The molecule has 0 radical (unpaired) electrons. The molecule has 0 bridgehead atoms. The van der Waals surface area contributed by atoms with E-state index in [9.17, 15) is 33.0 Å². The Morgan fingerprint density at radius 1 is 1.13 bits per heavy atom. The van der Waals surface area contributed by atoms with Crippen LogP contribution in [-0.4, -0.2) is 52.6 Å². The number of hydrogen-bond acceptors (Lipinski definition) is 5. The van der Waals surface area contributed by atoms with E-state index >= 15 is 0 Å². The average Bonchev–Trinajstić information content (AvgIpc) is 2.75. The highest BCUT2D eigenvalue weighted by Crippen LogP contribution is 2.39. The first-order valence-corrected chi connectivity index (χ1v) is 9.33. The van der Waals surface area contributed by atoms with Crippen LogP contribution in [0.5, 0.6) is 5.75 Å². The summed E-state index contributed by atoms with van der Waals surface area (Å²) in [7, 11) is 0. The van der Waals surface area contributed by atoms with Crippen LogP contribution in [0.25, 0.3) is 11.1 Å². The van der Waals surface area contributed by atoms with Crippen LogP contribution in [0.2, 0.25) is 0 Å². The van der Waals surface area contributed by atoms with Crippen LogP contribution in [-0.2, 0) is 11.0 Å². The lowest BCUT2D eigenvalue weighted by Crippen LogP contribution is -2.46. The smallest absolute Gasteiger partial charge is 0.419 e. The lowest BCUT2D eigenvalue weighted by atomic mass is 10.0. The van der Waals surface area contributed by atoms with E-state index in [2.05, 4.69) is 5.32 Å². The maximum atomic E-state index is 13.7. The van der Waals surface area contributed by atoms with Gasteiger partial charge in [-0.2, -0.15) is 13.2 Å². The quantitative estimate of drug-likeness (QED) is 0.422. The Morgan fingerprint density at radius 2 is 1.74 bits per heavy atom. The zero-order chi connectivity index (χ0) is 23.2. The molecule has 0 saturated heterocycles. The van der Waals surface area contributed by atoms with Crippen molar-refractivity contribution in [3.8, 4) is 16.9 Å². The monoisotopic (exact) mass is 441 g/mol. The summed E-state index contributed by atoms with van der Waals surface area (Å²) in [6, 6.07) is 8.60. The molecule has 10 heteroatoms. The van der Waals surface area contributed by atoms with Gasteiger partial charge in [-0.25, -0.2) is 4.79 Å². The number of nitrogens with one attached hydrogen (secondary N) is 1. The minimum atomic E-state index is -4.80. The number of alkyl halides is 3. The number of hydrogen-bond donors (Lipinski definition) is 4. The number of carboxylic acid groups (broad SMARTS) is 1. The minimum Gasteiger partial charge on any atom is -0.485 e. The normalized spacial score (nSPS) is 14.4. The van der Waals surface area contributed by atoms with Crippen molar-refractivity contribution in [3.05, 3.63) is 53.6 Å². The number of rotatable bonds is 10. The van der Waals surface area contributed by atoms with Gasteiger partial charge in [0.15, 0.2) is 0 Å². The zero-order valence-electron chi connectivity index (χ0n) is 16.5. The molecule has 0 heterocycles. The maximum Gasteiger partial charge on any atom is 0.419 e. The number of benzene rings is 2. The fraction of sp³-hybridized carbons (Fsp3) is 0.333. The van der Waals surface area contributed by atoms with E-state index in [1.807, 2.05) is 0 Å². The van der Waals surface area contributed by atoms with Crippen LogP contribution in [0.3, 0.4) is 0 Å². The fourth-order valence-corrected chi connectivity index (χ4v) is 2.89. The third kappa shape index (κ3) is 6.19. The fourth-order valence-electron chi connectivity index (χ4n) is 2.89. The number of aromatic carboxylic acids is 1. The van der Waals surface area contributed by atoms with Gasteiger partial charge in [0, 0.05) is 0 Å². The molecule has 2 aromatic rings. The summed E-state index contributed by atoms with van der Waals surface area (Å²) in [5, 5.41) is 31.2. The van der Waals surface area contributed by atoms with Crippen LogP contribution in [0.15, 0.2) is 42.5 Å². The van der Waals surface area contributed by atoms with Gasteiger partial charge in [0.2, 0.25) is 6.41 Å². The second-order valence-corrected chi connectivity index (χ2v) is 6.74. The molecule has 7 nitrogen and oxygen atoms in total. The molecule has 0 fully saturated rings. The molecule has 0 aliphatic carbocycles. The van der Waals surface area contributed by atoms with Crippen molar-refractivity contribution in [2.75, 3.05) is 6.54 Å². The van der Waals surface area contributed by atoms with Gasteiger partial charge >= 0.3 is 12.1 Å². The standard InChI is InChI=1S/C21H22F3NO6/c1-2-16(27)19(28)18(10-25-11-26)31-17-8-7-14(9-15(17)21(22,23)24)12-3-5-13(6-4-12)20(29)30/h3-9,11,16,18-19,27-28H,2,10H2,1H3,(H,25,26)(H,29,30). The molecule has 31 heavy (non-hydrogen) atoms. The third-order valence-corrected chi connectivity index (χ3v) is 4.62. The number of carbonyl (C=O) groups is 2. The van der Waals surface area contributed by atoms with Crippen molar-refractivity contribution in [1.29, 1.82) is 0 Å². The number of aliphatic hydroxyl groups is 2. The van der Waals surface area contributed by atoms with E-state index in [4.69, 9.17) is 9.84 Å². The highest BCUT2D eigenvalue weighted by atomic mass is 19.4. The highest BCUT2D eigenvalue weighted by Gasteiger charge is 2.36. The van der Waals surface area contributed by atoms with Gasteiger partial charge in [-0.05, 0) is 41.8 Å². The van der Waals surface area contributed by atoms with Gasteiger partial charge in [0.05, 0.1) is 23.8 Å². The van der Waals surface area contributed by atoms with Crippen LogP contribution in [0, 0.1) is 0 Å². The van der Waals surface area contributed by atoms with Crippen LogP contribution >= 0.6 is 0 Å². The van der Waals surface area contributed by atoms with Gasteiger partial charge in [-0.3, -0.25) is 4.79 Å². The lowest BCUT2D eigenvalue weighted by molar-refractivity contribution is -0.140. The van der Waals surface area contributed by atoms with Crippen molar-refractivity contribution in [1.82, 2.24) is 5.32 Å². The maximum absolute atomic E-state index is 13.7. The number of aliphatic hydroxyl groups excluding tert-OH is 2. The van der Waals surface area contributed by atoms with Crippen molar-refractivity contribution in [2.45, 2.75) is 37.8 Å². The van der Waals surface area contributed by atoms with Crippen molar-refractivity contribution >= 4 is 12.4 Å². The average molecular weight is 441 g/mol. The summed E-state index contributed by atoms with van der Waals surface area (Å²) >= 11 is 0. The highest BCUT2D eigenvalue weighted by molar-refractivity contribution is 5.88. The van der Waals surface area contributed by atoms with Gasteiger partial charge < -0.3 is 25.4 Å². The first-order chi connectivity index (χ1) is 14.6. The molecule has 3 atom stereocenters. The Hall–Kier alpha value is -3.11. The number of amides is 1. The SMILES string of the molecule is CCC(O)C(O)C(CNC=O)Oc1ccc(-c2ccc(C(=O)O)cc2)cc1C(F)(F)F. The van der Waals surface area contributed by atoms with Crippen LogP contribution < -0.4 is 10.1 Å². The molecule has 1 amide bonds. The Kier molecular flexibility index (Phi) is 8.01. The summed E-state index contributed by atoms with van der Waals surface area (Å²) < 4.78 is 46.5. The molecule has 2 aromatic carbocycles. The van der Waals surface area contributed by atoms with E-state index in [-0.39, 0.29) is 24.1 Å². The Labute approximate surface area is 176 Å². The van der Waals surface area contributed by atoms with Gasteiger partial charge in [-0.15, -0.1) is 0 Å². The number of ether oxygens (including phenoxy) is 1. The summed E-state index contributed by atoms with van der Waals surface area (Å²) in [5.41, 5.74) is -0.591. The molecule has 3 unspecified atom stereocenters. The second kappa shape index (κ2) is 10.3. The van der Waals surface area contributed by atoms with Crippen LogP contribution in [0.1, 0.15) is 29.3 Å². The van der Waals surface area contributed by atoms with Gasteiger partial charge in [0.25, 0.3) is 0 Å². The van der Waals surface area contributed by atoms with E-state index in [1.54, 1.807) is 6.92 Å². The van der Waals surface area contributed by atoms with Gasteiger partial charge in [0.1, 0.15) is 18.0 Å². The number of carbonyl (C=O) groups excluding carboxylic acids is 1. The topological polar surface area (TPSA) is 116 Å². The Morgan fingerprint density at radius 3 is 2.26 bits per heavy atom. The van der Waals surface area contributed by atoms with Gasteiger partial charge in [-0.1, -0.05) is 25.1 Å². The van der Waals surface area contributed by atoms with E-state index in [0.717, 1.165) is 12.1 Å². The molecule has 0 aliphatic rings. The predicted molar refractivity (Wildman–Crippen MR) is 105 cm³/mol. The zero-order valence-corrected chi connectivity index (χ0v) is 16.5.